The van der Waals surface area contributed by atoms with E-state index in [1.807, 2.05) is 6.07 Å². The first-order valence-corrected chi connectivity index (χ1v) is 12.7. The fraction of sp³-hybridized carbons (Fsp3) is 0.0882. The van der Waals surface area contributed by atoms with E-state index in [0.29, 0.717) is 6.67 Å². The number of hydrogen-bond donors (Lipinski definition) is 0. The number of rotatable bonds is 7. The zero-order valence-electron chi connectivity index (χ0n) is 21.0. The van der Waals surface area contributed by atoms with Crippen molar-refractivity contribution in [3.05, 3.63) is 156 Å². The molecular formula is C34H28ClN3. The van der Waals surface area contributed by atoms with Gasteiger partial charge in [-0.25, -0.2) is 5.01 Å². The van der Waals surface area contributed by atoms with Crippen LogP contribution in [0, 0.1) is 0 Å². The molecule has 0 amide bonds. The zero-order chi connectivity index (χ0) is 24.9. The smallest absolute Gasteiger partial charge is 0.544 e. The Hall–Kier alpha value is -4.43. The lowest BCUT2D eigenvalue weighted by atomic mass is 9.96. The topological polar surface area (TPSA) is 18.8 Å². The van der Waals surface area contributed by atoms with E-state index < -0.39 is 0 Å². The highest BCUT2D eigenvalue weighted by Crippen LogP contribution is 2.32. The van der Waals surface area contributed by atoms with E-state index in [9.17, 15) is 0 Å². The third kappa shape index (κ3) is 5.60. The van der Waals surface area contributed by atoms with E-state index in [4.69, 9.17) is 5.10 Å². The maximum atomic E-state index is 4.72. The van der Waals surface area contributed by atoms with Crippen molar-refractivity contribution >= 4 is 6.34 Å². The quantitative estimate of drug-likeness (QED) is 0.294. The SMILES string of the molecule is [C+]1=NN(C(c2ccccc2)c2ccc(-c3ccccc3)cc2)CN1Cc1ccc(-c2ccccc2)cc1.[Cl-]. The average Bonchev–Trinajstić information content (AvgIpc) is 3.43. The minimum atomic E-state index is 0. The number of nitrogens with zero attached hydrogens (tertiary/aromatic N) is 3. The first-order chi connectivity index (χ1) is 18.3. The van der Waals surface area contributed by atoms with Crippen LogP contribution in [0.2, 0.25) is 0 Å². The van der Waals surface area contributed by atoms with Gasteiger partial charge in [0.15, 0.2) is 6.67 Å². The summed E-state index contributed by atoms with van der Waals surface area (Å²) < 4.78 is 0. The number of halogens is 1. The molecule has 5 aromatic carbocycles. The number of hydrazone groups is 1. The van der Waals surface area contributed by atoms with Crippen molar-refractivity contribution in [3.8, 4) is 22.3 Å². The number of benzene rings is 5. The van der Waals surface area contributed by atoms with Crippen LogP contribution in [-0.4, -0.2) is 22.9 Å². The van der Waals surface area contributed by atoms with Gasteiger partial charge >= 0.3 is 6.34 Å². The van der Waals surface area contributed by atoms with Gasteiger partial charge in [0.1, 0.15) is 11.1 Å². The van der Waals surface area contributed by atoms with Crippen LogP contribution in [0.3, 0.4) is 0 Å². The van der Waals surface area contributed by atoms with Crippen molar-refractivity contribution in [2.24, 2.45) is 5.10 Å². The maximum Gasteiger partial charge on any atom is 0.544 e. The first kappa shape index (κ1) is 25.2. The monoisotopic (exact) mass is 513 g/mol. The predicted octanol–water partition coefficient (Wildman–Crippen LogP) is 4.71. The molecule has 38 heavy (non-hydrogen) atoms. The fourth-order valence-electron chi connectivity index (χ4n) is 4.90. The molecule has 4 heteroatoms. The zero-order valence-corrected chi connectivity index (χ0v) is 21.7. The minimum absolute atomic E-state index is 0. The summed E-state index contributed by atoms with van der Waals surface area (Å²) in [6.07, 6.45) is 3.24. The van der Waals surface area contributed by atoms with Crippen molar-refractivity contribution in [1.82, 2.24) is 9.91 Å². The third-order valence-corrected chi connectivity index (χ3v) is 6.81. The Balaban J connectivity index is 0.00000294. The molecule has 1 aliphatic heterocycles. The molecule has 0 aliphatic carbocycles. The Bertz CT molecular complexity index is 1450. The summed E-state index contributed by atoms with van der Waals surface area (Å²) in [6, 6.07) is 49.2. The molecule has 0 bridgehead atoms. The Labute approximate surface area is 231 Å². The fourth-order valence-corrected chi connectivity index (χ4v) is 4.90. The lowest BCUT2D eigenvalue weighted by Crippen LogP contribution is -3.00. The van der Waals surface area contributed by atoms with Crippen LogP contribution >= 0.6 is 0 Å². The summed E-state index contributed by atoms with van der Waals surface area (Å²) in [6.45, 7) is 1.45. The van der Waals surface area contributed by atoms with Gasteiger partial charge in [-0.2, -0.15) is 0 Å². The summed E-state index contributed by atoms with van der Waals surface area (Å²) in [5, 5.41) is 6.85. The Morgan fingerprint density at radius 3 is 1.55 bits per heavy atom. The predicted molar refractivity (Wildman–Crippen MR) is 152 cm³/mol. The highest BCUT2D eigenvalue weighted by molar-refractivity contribution is 5.65. The van der Waals surface area contributed by atoms with Crippen LogP contribution in [0.5, 0.6) is 0 Å². The molecule has 186 valence electrons. The van der Waals surface area contributed by atoms with Crippen LogP contribution in [0.1, 0.15) is 22.7 Å². The molecule has 0 saturated heterocycles. The van der Waals surface area contributed by atoms with Crippen molar-refractivity contribution in [1.29, 1.82) is 0 Å². The van der Waals surface area contributed by atoms with Crippen LogP contribution in [0.25, 0.3) is 22.3 Å². The minimum Gasteiger partial charge on any atom is -1.00 e. The van der Waals surface area contributed by atoms with Crippen molar-refractivity contribution in [3.63, 3.8) is 0 Å². The van der Waals surface area contributed by atoms with Gasteiger partial charge < -0.3 is 12.4 Å². The molecule has 1 unspecified atom stereocenters. The third-order valence-electron chi connectivity index (χ3n) is 6.81. The normalized spacial score (nSPS) is 13.1. The highest BCUT2D eigenvalue weighted by Gasteiger charge is 2.34. The summed E-state index contributed by atoms with van der Waals surface area (Å²) in [7, 11) is 0. The van der Waals surface area contributed by atoms with Gasteiger partial charge in [-0.05, 0) is 38.9 Å². The molecule has 6 rings (SSSR count). The van der Waals surface area contributed by atoms with Gasteiger partial charge in [0.25, 0.3) is 0 Å². The Kier molecular flexibility index (Phi) is 7.80. The van der Waals surface area contributed by atoms with E-state index in [1.54, 1.807) is 0 Å². The van der Waals surface area contributed by atoms with E-state index in [2.05, 4.69) is 150 Å². The lowest BCUT2D eigenvalue weighted by molar-refractivity contribution is -0.00000719. The Morgan fingerprint density at radius 1 is 0.553 bits per heavy atom. The summed E-state index contributed by atoms with van der Waals surface area (Å²) >= 11 is 0. The van der Waals surface area contributed by atoms with Crippen molar-refractivity contribution in [2.45, 2.75) is 12.6 Å². The molecule has 0 fully saturated rings. The van der Waals surface area contributed by atoms with E-state index in [-0.39, 0.29) is 18.4 Å². The second-order valence-corrected chi connectivity index (χ2v) is 9.34. The molecule has 0 radical (unpaired) electrons. The summed E-state index contributed by atoms with van der Waals surface area (Å²) in [4.78, 5) is 2.14. The summed E-state index contributed by atoms with van der Waals surface area (Å²) in [5.74, 6) is 0. The molecule has 0 saturated carbocycles. The maximum absolute atomic E-state index is 4.72. The number of hydrogen-bond acceptors (Lipinski definition) is 3. The van der Waals surface area contributed by atoms with Crippen molar-refractivity contribution in [2.75, 3.05) is 6.67 Å². The molecule has 1 heterocycles. The van der Waals surface area contributed by atoms with Gasteiger partial charge in [0.2, 0.25) is 0 Å². The van der Waals surface area contributed by atoms with Crippen LogP contribution in [0.4, 0.5) is 0 Å². The molecule has 1 aliphatic rings. The lowest BCUT2D eigenvalue weighted by Gasteiger charge is -2.24. The van der Waals surface area contributed by atoms with Crippen LogP contribution in [-0.2, 0) is 6.54 Å². The van der Waals surface area contributed by atoms with E-state index in [1.165, 1.54) is 38.9 Å². The van der Waals surface area contributed by atoms with Gasteiger partial charge in [-0.3, -0.25) is 0 Å². The Morgan fingerprint density at radius 2 is 1.00 bits per heavy atom. The molecular weight excluding hydrogens is 486 g/mol. The first-order valence-electron chi connectivity index (χ1n) is 12.7. The van der Waals surface area contributed by atoms with Crippen LogP contribution in [0.15, 0.2) is 145 Å². The molecule has 5 aromatic rings. The molecule has 0 spiro atoms. The molecule has 0 aromatic heterocycles. The van der Waals surface area contributed by atoms with Crippen molar-refractivity contribution < 1.29 is 12.4 Å². The highest BCUT2D eigenvalue weighted by atomic mass is 35.5. The summed E-state index contributed by atoms with van der Waals surface area (Å²) in [5.41, 5.74) is 8.58. The van der Waals surface area contributed by atoms with Gasteiger partial charge in [-0.1, -0.05) is 140 Å². The second kappa shape index (κ2) is 11.7. The molecule has 0 N–H and O–H groups in total. The second-order valence-electron chi connectivity index (χ2n) is 9.34. The van der Waals surface area contributed by atoms with E-state index in [0.717, 1.165) is 6.54 Å². The van der Waals surface area contributed by atoms with Crippen LogP contribution < -0.4 is 12.4 Å². The molecule has 3 nitrogen and oxygen atoms in total. The standard InChI is InChI=1S/C34H28N3.ClH/c1-4-10-28(11-5-1)30-18-16-27(17-19-30)24-36-25-35-37(26-36)34(32-14-8-3-9-15-32)33-22-20-31(21-23-33)29-12-6-2-7-13-29;/h1-23,34H,24,26H2;1H/q+1;/p-1. The van der Waals surface area contributed by atoms with E-state index >= 15 is 0 Å². The molecule has 1 atom stereocenters. The van der Waals surface area contributed by atoms with Gasteiger partial charge in [-0.15, -0.1) is 4.90 Å². The van der Waals surface area contributed by atoms with Gasteiger partial charge in [0.05, 0.1) is 6.54 Å². The average molecular weight is 514 g/mol. The van der Waals surface area contributed by atoms with Gasteiger partial charge in [0, 0.05) is 0 Å². The largest absolute Gasteiger partial charge is 1.00 e.